The standard InChI is InChI=1S/C68H48N2/c1-3-15-47(16-4-1)54-20-11-21-55(45-54)50-37-42-59(43-38-50)69(58-40-35-49(36-41-58)48-31-33-53(34-32-48)62-28-13-19-51-17-7-9-26-61(51)62)60-25-12-22-56(46-60)63-29-14-30-66-67(63)65-44-39-52-18-8-10-27-64(52)68(65)70(66)57-23-5-2-6-24-57/h1-27,29-46,62H,28H2. The zero-order valence-corrected chi connectivity index (χ0v) is 38.7. The second-order valence-corrected chi connectivity index (χ2v) is 18.4. The van der Waals surface area contributed by atoms with E-state index in [0.717, 1.165) is 34.7 Å². The lowest BCUT2D eigenvalue weighted by Crippen LogP contribution is -2.10. The van der Waals surface area contributed by atoms with Gasteiger partial charge < -0.3 is 9.47 Å². The van der Waals surface area contributed by atoms with E-state index in [4.69, 9.17) is 0 Å². The number of hydrogen-bond acceptors (Lipinski definition) is 1. The first-order valence-corrected chi connectivity index (χ1v) is 24.3. The van der Waals surface area contributed by atoms with Crippen molar-refractivity contribution in [1.29, 1.82) is 0 Å². The zero-order chi connectivity index (χ0) is 46.4. The summed E-state index contributed by atoms with van der Waals surface area (Å²) in [6, 6.07) is 95.6. The predicted molar refractivity (Wildman–Crippen MR) is 297 cm³/mol. The van der Waals surface area contributed by atoms with Crippen molar-refractivity contribution in [3.05, 3.63) is 284 Å². The lowest BCUT2D eigenvalue weighted by molar-refractivity contribution is 0.819. The van der Waals surface area contributed by atoms with E-state index in [2.05, 4.69) is 282 Å². The van der Waals surface area contributed by atoms with Crippen molar-refractivity contribution in [3.63, 3.8) is 0 Å². The number of benzene rings is 11. The quantitative estimate of drug-likeness (QED) is 0.140. The van der Waals surface area contributed by atoms with Crippen LogP contribution in [0.25, 0.3) is 88.8 Å². The molecule has 0 aliphatic heterocycles. The number of fused-ring (bicyclic) bond motifs is 6. The highest BCUT2D eigenvalue weighted by molar-refractivity contribution is 6.22. The Morgan fingerprint density at radius 2 is 0.971 bits per heavy atom. The van der Waals surface area contributed by atoms with E-state index in [0.29, 0.717) is 5.92 Å². The fourth-order valence-corrected chi connectivity index (χ4v) is 10.9. The smallest absolute Gasteiger partial charge is 0.0619 e. The third-order valence-electron chi connectivity index (χ3n) is 14.3. The Bertz CT molecular complexity index is 3880. The van der Waals surface area contributed by atoms with Crippen molar-refractivity contribution in [2.45, 2.75) is 12.3 Å². The van der Waals surface area contributed by atoms with Gasteiger partial charge >= 0.3 is 0 Å². The highest BCUT2D eigenvalue weighted by Gasteiger charge is 2.21. The van der Waals surface area contributed by atoms with Crippen LogP contribution in [0, 0.1) is 0 Å². The molecule has 0 saturated carbocycles. The van der Waals surface area contributed by atoms with Crippen LogP contribution in [-0.4, -0.2) is 4.57 Å². The Hall–Kier alpha value is -8.98. The Balaban J connectivity index is 0.910. The molecule has 12 aromatic rings. The van der Waals surface area contributed by atoms with Gasteiger partial charge in [-0.3, -0.25) is 0 Å². The maximum absolute atomic E-state index is 2.45. The number of aromatic nitrogens is 1. The summed E-state index contributed by atoms with van der Waals surface area (Å²) in [5.74, 6) is 0.371. The molecule has 0 saturated heterocycles. The molecule has 0 spiro atoms. The highest BCUT2D eigenvalue weighted by atomic mass is 15.1. The number of nitrogens with zero attached hydrogens (tertiary/aromatic N) is 2. The van der Waals surface area contributed by atoms with Crippen LogP contribution in [0.5, 0.6) is 0 Å². The Morgan fingerprint density at radius 3 is 1.73 bits per heavy atom. The fraction of sp³-hybridized carbons (Fsp3) is 0.0294. The number of para-hydroxylation sites is 1. The second kappa shape index (κ2) is 17.6. The largest absolute Gasteiger partial charge is 0.310 e. The lowest BCUT2D eigenvalue weighted by atomic mass is 9.82. The summed E-state index contributed by atoms with van der Waals surface area (Å²) in [4.78, 5) is 2.40. The molecule has 0 bridgehead atoms. The number of allylic oxidation sites excluding steroid dienone is 1. The van der Waals surface area contributed by atoms with Crippen LogP contribution in [-0.2, 0) is 0 Å². The van der Waals surface area contributed by atoms with Crippen LogP contribution in [0.15, 0.2) is 267 Å². The topological polar surface area (TPSA) is 8.17 Å². The van der Waals surface area contributed by atoms with Gasteiger partial charge in [-0.05, 0) is 134 Å². The minimum atomic E-state index is 0.371. The highest BCUT2D eigenvalue weighted by Crippen LogP contribution is 2.44. The first kappa shape index (κ1) is 41.2. The van der Waals surface area contributed by atoms with Crippen molar-refractivity contribution >= 4 is 55.7 Å². The normalized spacial score (nSPS) is 13.2. The lowest BCUT2D eigenvalue weighted by Gasteiger charge is -2.26. The Morgan fingerprint density at radius 1 is 0.386 bits per heavy atom. The molecule has 2 heteroatoms. The molecule has 2 nitrogen and oxygen atoms in total. The average Bonchev–Trinajstić information content (AvgIpc) is 3.79. The average molecular weight is 893 g/mol. The van der Waals surface area contributed by atoms with Crippen LogP contribution >= 0.6 is 0 Å². The van der Waals surface area contributed by atoms with Gasteiger partial charge in [0.15, 0.2) is 0 Å². The van der Waals surface area contributed by atoms with E-state index in [1.165, 1.54) is 88.2 Å². The van der Waals surface area contributed by atoms with Gasteiger partial charge in [0.05, 0.1) is 11.0 Å². The summed E-state index contributed by atoms with van der Waals surface area (Å²) in [5, 5.41) is 4.96. The maximum atomic E-state index is 2.45. The first-order valence-electron chi connectivity index (χ1n) is 24.3. The van der Waals surface area contributed by atoms with Crippen molar-refractivity contribution in [3.8, 4) is 50.2 Å². The molecule has 1 atom stereocenters. The Labute approximate surface area is 409 Å². The first-order chi connectivity index (χ1) is 34.7. The predicted octanol–water partition coefficient (Wildman–Crippen LogP) is 18.6. The SMILES string of the molecule is C1=Cc2ccccc2C(c2ccc(-c3ccc(N(c4ccc(-c5cccc(-c6ccccc6)c5)cc4)c4cccc(-c5cccc6c5c5ccc7ccccc7c5n6-c5ccccc5)c4)cc3)cc2)C1. The molecule has 0 radical (unpaired) electrons. The summed E-state index contributed by atoms with van der Waals surface area (Å²) in [6.45, 7) is 0. The molecule has 1 unspecified atom stereocenters. The molecule has 13 rings (SSSR count). The molecule has 1 aliphatic carbocycles. The Kier molecular flexibility index (Phi) is 10.4. The summed E-state index contributed by atoms with van der Waals surface area (Å²) in [5.41, 5.74) is 20.5. The summed E-state index contributed by atoms with van der Waals surface area (Å²) in [6.07, 6.45) is 5.59. The number of rotatable bonds is 9. The molecule has 0 N–H and O–H groups in total. The molecular weight excluding hydrogens is 845 g/mol. The van der Waals surface area contributed by atoms with E-state index >= 15 is 0 Å². The van der Waals surface area contributed by atoms with Crippen molar-refractivity contribution in [2.75, 3.05) is 4.90 Å². The summed E-state index contributed by atoms with van der Waals surface area (Å²) < 4.78 is 2.45. The second-order valence-electron chi connectivity index (χ2n) is 18.4. The van der Waals surface area contributed by atoms with Gasteiger partial charge in [0, 0.05) is 44.8 Å². The third-order valence-corrected chi connectivity index (χ3v) is 14.3. The third kappa shape index (κ3) is 7.39. The molecule has 0 fully saturated rings. The van der Waals surface area contributed by atoms with E-state index in [1.807, 2.05) is 0 Å². The van der Waals surface area contributed by atoms with Crippen LogP contribution in [0.3, 0.4) is 0 Å². The van der Waals surface area contributed by atoms with Gasteiger partial charge in [0.1, 0.15) is 0 Å². The van der Waals surface area contributed by atoms with Gasteiger partial charge in [0.25, 0.3) is 0 Å². The van der Waals surface area contributed by atoms with Crippen LogP contribution in [0.1, 0.15) is 29.0 Å². The monoisotopic (exact) mass is 892 g/mol. The zero-order valence-electron chi connectivity index (χ0n) is 38.7. The maximum Gasteiger partial charge on any atom is 0.0619 e. The van der Waals surface area contributed by atoms with Crippen LogP contribution < -0.4 is 4.90 Å². The van der Waals surface area contributed by atoms with Gasteiger partial charge in [-0.25, -0.2) is 0 Å². The number of hydrogen-bond donors (Lipinski definition) is 0. The minimum Gasteiger partial charge on any atom is -0.310 e. The molecule has 11 aromatic carbocycles. The number of anilines is 3. The van der Waals surface area contributed by atoms with E-state index < -0.39 is 0 Å². The van der Waals surface area contributed by atoms with E-state index in [-0.39, 0.29) is 0 Å². The van der Waals surface area contributed by atoms with Crippen LogP contribution in [0.2, 0.25) is 0 Å². The van der Waals surface area contributed by atoms with Crippen molar-refractivity contribution in [1.82, 2.24) is 4.57 Å². The van der Waals surface area contributed by atoms with Gasteiger partial charge in [0.2, 0.25) is 0 Å². The molecule has 0 amide bonds. The van der Waals surface area contributed by atoms with Gasteiger partial charge in [-0.2, -0.15) is 0 Å². The fourth-order valence-electron chi connectivity index (χ4n) is 10.9. The molecule has 70 heavy (non-hydrogen) atoms. The molecule has 1 aromatic heterocycles. The molecular formula is C68H48N2. The van der Waals surface area contributed by atoms with Gasteiger partial charge in [-0.1, -0.05) is 212 Å². The summed E-state index contributed by atoms with van der Waals surface area (Å²) in [7, 11) is 0. The van der Waals surface area contributed by atoms with Gasteiger partial charge in [-0.15, -0.1) is 0 Å². The minimum absolute atomic E-state index is 0.371. The van der Waals surface area contributed by atoms with E-state index in [9.17, 15) is 0 Å². The summed E-state index contributed by atoms with van der Waals surface area (Å²) >= 11 is 0. The van der Waals surface area contributed by atoms with Crippen molar-refractivity contribution < 1.29 is 0 Å². The molecule has 1 aliphatic rings. The molecule has 330 valence electrons. The van der Waals surface area contributed by atoms with Crippen molar-refractivity contribution in [2.24, 2.45) is 0 Å². The van der Waals surface area contributed by atoms with Crippen LogP contribution in [0.4, 0.5) is 17.1 Å². The van der Waals surface area contributed by atoms with E-state index in [1.54, 1.807) is 0 Å². The molecule has 1 heterocycles.